The zero-order valence-corrected chi connectivity index (χ0v) is 9.29. The molecule has 0 N–H and O–H groups in total. The lowest BCUT2D eigenvalue weighted by Gasteiger charge is -2.41. The molecule has 1 nitrogen and oxygen atoms in total. The largest absolute Gasteiger partial charge is 0.303 e. The molecule has 0 radical (unpaired) electrons. The van der Waals surface area contributed by atoms with Gasteiger partial charge in [-0.1, -0.05) is 26.7 Å². The fraction of sp³-hybridized carbons (Fsp3) is 1.00. The molecule has 1 aliphatic carbocycles. The minimum atomic E-state index is 0.839. The molecule has 0 aromatic carbocycles. The summed E-state index contributed by atoms with van der Waals surface area (Å²) < 4.78 is 0. The van der Waals surface area contributed by atoms with E-state index in [9.17, 15) is 0 Å². The summed E-state index contributed by atoms with van der Waals surface area (Å²) in [7, 11) is 2.32. The molecule has 0 amide bonds. The first-order valence-corrected chi connectivity index (χ1v) is 5.88. The Balaban J connectivity index is 2.01. The lowest BCUT2D eigenvalue weighted by Crippen LogP contribution is -2.46. The Hall–Kier alpha value is -0.0400. The SMILES string of the molecule is CC(C)C1C[C@H]2CCC[C@H]2CN1C. The van der Waals surface area contributed by atoms with Crippen LogP contribution < -0.4 is 0 Å². The molecule has 1 heterocycles. The van der Waals surface area contributed by atoms with E-state index in [-0.39, 0.29) is 0 Å². The number of piperidine rings is 1. The highest BCUT2D eigenvalue weighted by molar-refractivity contribution is 4.90. The topological polar surface area (TPSA) is 3.24 Å². The molecule has 1 saturated carbocycles. The van der Waals surface area contributed by atoms with Gasteiger partial charge in [-0.15, -0.1) is 0 Å². The van der Waals surface area contributed by atoms with Gasteiger partial charge in [-0.3, -0.25) is 0 Å². The van der Waals surface area contributed by atoms with Crippen molar-refractivity contribution >= 4 is 0 Å². The van der Waals surface area contributed by atoms with Crippen LogP contribution in [0.25, 0.3) is 0 Å². The molecule has 1 saturated heterocycles. The van der Waals surface area contributed by atoms with Crippen molar-refractivity contribution in [2.75, 3.05) is 13.6 Å². The third-order valence-corrected chi connectivity index (χ3v) is 4.22. The standard InChI is InChI=1S/C12H23N/c1-9(2)12-7-10-5-4-6-11(10)8-13(12)3/h9-12H,4-8H2,1-3H3/t10-,11+,12?/m1/s1. The highest BCUT2D eigenvalue weighted by Crippen LogP contribution is 2.40. The van der Waals surface area contributed by atoms with Gasteiger partial charge in [0.15, 0.2) is 0 Å². The number of fused-ring (bicyclic) bond motifs is 1. The predicted octanol–water partition coefficient (Wildman–Crippen LogP) is 2.76. The summed E-state index contributed by atoms with van der Waals surface area (Å²) in [6.45, 7) is 6.11. The highest BCUT2D eigenvalue weighted by Gasteiger charge is 2.37. The van der Waals surface area contributed by atoms with Crippen molar-refractivity contribution in [1.29, 1.82) is 0 Å². The Morgan fingerprint density at radius 1 is 1.15 bits per heavy atom. The van der Waals surface area contributed by atoms with E-state index < -0.39 is 0 Å². The number of likely N-dealkylation sites (tertiary alicyclic amines) is 1. The third-order valence-electron chi connectivity index (χ3n) is 4.22. The molecule has 0 aromatic heterocycles. The van der Waals surface area contributed by atoms with Crippen LogP contribution in [-0.4, -0.2) is 24.5 Å². The smallest absolute Gasteiger partial charge is 0.0118 e. The zero-order chi connectivity index (χ0) is 9.42. The fourth-order valence-electron chi connectivity index (χ4n) is 3.44. The van der Waals surface area contributed by atoms with Crippen molar-refractivity contribution in [3.8, 4) is 0 Å². The number of hydrogen-bond donors (Lipinski definition) is 0. The third kappa shape index (κ3) is 1.76. The van der Waals surface area contributed by atoms with Crippen molar-refractivity contribution < 1.29 is 0 Å². The molecule has 0 spiro atoms. The second kappa shape index (κ2) is 3.61. The maximum absolute atomic E-state index is 2.61. The molecule has 0 bridgehead atoms. The van der Waals surface area contributed by atoms with Gasteiger partial charge < -0.3 is 4.90 Å². The van der Waals surface area contributed by atoms with Crippen molar-refractivity contribution in [3.05, 3.63) is 0 Å². The number of nitrogens with zero attached hydrogens (tertiary/aromatic N) is 1. The van der Waals surface area contributed by atoms with Crippen molar-refractivity contribution in [1.82, 2.24) is 4.90 Å². The molecular weight excluding hydrogens is 158 g/mol. The van der Waals surface area contributed by atoms with Crippen molar-refractivity contribution in [3.63, 3.8) is 0 Å². The highest BCUT2D eigenvalue weighted by atomic mass is 15.1. The van der Waals surface area contributed by atoms with Crippen molar-refractivity contribution in [2.24, 2.45) is 17.8 Å². The Morgan fingerprint density at radius 2 is 1.85 bits per heavy atom. The van der Waals surface area contributed by atoms with Gasteiger partial charge in [0.2, 0.25) is 0 Å². The summed E-state index contributed by atoms with van der Waals surface area (Å²) in [6.07, 6.45) is 5.98. The molecular formula is C12H23N. The second-order valence-electron chi connectivity index (χ2n) is 5.44. The van der Waals surface area contributed by atoms with E-state index in [1.807, 2.05) is 0 Å². The van der Waals surface area contributed by atoms with Crippen LogP contribution in [0.3, 0.4) is 0 Å². The van der Waals surface area contributed by atoms with Gasteiger partial charge >= 0.3 is 0 Å². The molecule has 2 fully saturated rings. The molecule has 1 aliphatic heterocycles. The average Bonchev–Trinajstić information content (AvgIpc) is 2.48. The van der Waals surface area contributed by atoms with Crippen LogP contribution in [0, 0.1) is 17.8 Å². The Bertz CT molecular complexity index is 176. The zero-order valence-electron chi connectivity index (χ0n) is 9.29. The van der Waals surface area contributed by atoms with E-state index in [4.69, 9.17) is 0 Å². The van der Waals surface area contributed by atoms with Gasteiger partial charge in [0.25, 0.3) is 0 Å². The molecule has 3 atom stereocenters. The first-order chi connectivity index (χ1) is 6.18. The van der Waals surface area contributed by atoms with E-state index in [1.165, 1.54) is 32.2 Å². The van der Waals surface area contributed by atoms with Gasteiger partial charge in [-0.05, 0) is 37.6 Å². The molecule has 76 valence electrons. The summed E-state index contributed by atoms with van der Waals surface area (Å²) in [6, 6.07) is 0.861. The predicted molar refractivity (Wildman–Crippen MR) is 56.7 cm³/mol. The van der Waals surface area contributed by atoms with Crippen molar-refractivity contribution in [2.45, 2.75) is 45.6 Å². The van der Waals surface area contributed by atoms with Gasteiger partial charge in [-0.25, -0.2) is 0 Å². The first kappa shape index (κ1) is 9.51. The Labute approximate surface area is 82.5 Å². The quantitative estimate of drug-likeness (QED) is 0.601. The van der Waals surface area contributed by atoms with Crippen LogP contribution in [0.1, 0.15) is 39.5 Å². The molecule has 1 unspecified atom stereocenters. The maximum Gasteiger partial charge on any atom is 0.0118 e. The van der Waals surface area contributed by atoms with Gasteiger partial charge in [-0.2, -0.15) is 0 Å². The van der Waals surface area contributed by atoms with E-state index in [0.29, 0.717) is 0 Å². The normalized spacial score (nSPS) is 41.1. The maximum atomic E-state index is 2.61. The monoisotopic (exact) mass is 181 g/mol. The summed E-state index contributed by atoms with van der Waals surface area (Å²) in [4.78, 5) is 2.61. The first-order valence-electron chi connectivity index (χ1n) is 5.88. The summed E-state index contributed by atoms with van der Waals surface area (Å²) in [5.74, 6) is 2.95. The summed E-state index contributed by atoms with van der Waals surface area (Å²) in [5.41, 5.74) is 0. The molecule has 2 rings (SSSR count). The number of hydrogen-bond acceptors (Lipinski definition) is 1. The van der Waals surface area contributed by atoms with E-state index >= 15 is 0 Å². The second-order valence-corrected chi connectivity index (χ2v) is 5.44. The van der Waals surface area contributed by atoms with E-state index in [2.05, 4.69) is 25.8 Å². The summed E-state index contributed by atoms with van der Waals surface area (Å²) in [5, 5.41) is 0. The fourth-order valence-corrected chi connectivity index (χ4v) is 3.44. The minimum Gasteiger partial charge on any atom is -0.303 e. The van der Waals surface area contributed by atoms with Crippen LogP contribution in [0.4, 0.5) is 0 Å². The molecule has 13 heavy (non-hydrogen) atoms. The minimum absolute atomic E-state index is 0.839. The van der Waals surface area contributed by atoms with Crippen LogP contribution in [-0.2, 0) is 0 Å². The molecule has 2 aliphatic rings. The van der Waals surface area contributed by atoms with Gasteiger partial charge in [0.05, 0.1) is 0 Å². The van der Waals surface area contributed by atoms with Crippen LogP contribution >= 0.6 is 0 Å². The summed E-state index contributed by atoms with van der Waals surface area (Å²) >= 11 is 0. The van der Waals surface area contributed by atoms with Gasteiger partial charge in [0.1, 0.15) is 0 Å². The molecule has 0 aromatic rings. The Kier molecular flexibility index (Phi) is 2.64. The van der Waals surface area contributed by atoms with Gasteiger partial charge in [0, 0.05) is 12.6 Å². The lowest BCUT2D eigenvalue weighted by molar-refractivity contribution is 0.0736. The Morgan fingerprint density at radius 3 is 2.54 bits per heavy atom. The van der Waals surface area contributed by atoms with Crippen LogP contribution in [0.2, 0.25) is 0 Å². The van der Waals surface area contributed by atoms with E-state index in [0.717, 1.165) is 23.8 Å². The number of rotatable bonds is 1. The van der Waals surface area contributed by atoms with Crippen LogP contribution in [0.5, 0.6) is 0 Å². The van der Waals surface area contributed by atoms with E-state index in [1.54, 1.807) is 0 Å². The van der Waals surface area contributed by atoms with Crippen LogP contribution in [0.15, 0.2) is 0 Å². The molecule has 1 heteroatoms. The lowest BCUT2D eigenvalue weighted by atomic mass is 9.81. The average molecular weight is 181 g/mol.